The minimum Gasteiger partial charge on any atom is -0.466 e. The van der Waals surface area contributed by atoms with Crippen molar-refractivity contribution in [3.05, 3.63) is 47.3 Å². The van der Waals surface area contributed by atoms with E-state index in [-0.39, 0.29) is 5.97 Å². The van der Waals surface area contributed by atoms with Crippen LogP contribution in [0.15, 0.2) is 42.5 Å². The molecule has 1 aromatic carbocycles. The molecule has 17 heavy (non-hydrogen) atoms. The van der Waals surface area contributed by atoms with Gasteiger partial charge in [-0.1, -0.05) is 30.3 Å². The van der Waals surface area contributed by atoms with Gasteiger partial charge in [0.2, 0.25) is 0 Å². The molecule has 2 rings (SSSR count). The molecule has 0 N–H and O–H groups in total. The molecule has 0 aliphatic carbocycles. The Balaban J connectivity index is 2.09. The Labute approximate surface area is 105 Å². The first-order chi connectivity index (χ1) is 8.29. The van der Waals surface area contributed by atoms with Crippen molar-refractivity contribution in [3.8, 4) is 10.4 Å². The number of esters is 1. The fourth-order valence-electron chi connectivity index (χ4n) is 1.58. The SMILES string of the molecule is CCOC(=O)Cc1ccc(-c2ccccc2)s1. The average molecular weight is 246 g/mol. The molecule has 3 heteroatoms. The first kappa shape index (κ1) is 11.9. The number of rotatable bonds is 4. The van der Waals surface area contributed by atoms with Crippen LogP contribution in [0.1, 0.15) is 11.8 Å². The smallest absolute Gasteiger partial charge is 0.311 e. The van der Waals surface area contributed by atoms with Crippen molar-refractivity contribution in [2.45, 2.75) is 13.3 Å². The molecule has 0 amide bonds. The number of hydrogen-bond donors (Lipinski definition) is 0. The second kappa shape index (κ2) is 5.64. The Hall–Kier alpha value is -1.61. The van der Waals surface area contributed by atoms with E-state index in [1.54, 1.807) is 11.3 Å². The third kappa shape index (κ3) is 3.17. The van der Waals surface area contributed by atoms with Crippen LogP contribution in [0.3, 0.4) is 0 Å². The zero-order chi connectivity index (χ0) is 12.1. The molecule has 2 nitrogen and oxygen atoms in total. The fraction of sp³-hybridized carbons (Fsp3) is 0.214. The van der Waals surface area contributed by atoms with Gasteiger partial charge < -0.3 is 4.74 Å². The van der Waals surface area contributed by atoms with Gasteiger partial charge in [-0.05, 0) is 24.6 Å². The molecule has 1 aromatic heterocycles. The molecular weight excluding hydrogens is 232 g/mol. The number of benzene rings is 1. The number of carbonyl (C=O) groups excluding carboxylic acids is 1. The van der Waals surface area contributed by atoms with Crippen LogP contribution in [-0.4, -0.2) is 12.6 Å². The molecule has 0 spiro atoms. The lowest BCUT2D eigenvalue weighted by Gasteiger charge is -1.98. The van der Waals surface area contributed by atoms with Crippen LogP contribution in [-0.2, 0) is 16.0 Å². The average Bonchev–Trinajstić information content (AvgIpc) is 2.79. The van der Waals surface area contributed by atoms with Crippen molar-refractivity contribution in [1.82, 2.24) is 0 Å². The first-order valence-corrected chi connectivity index (χ1v) is 6.41. The Morgan fingerprint density at radius 3 is 2.65 bits per heavy atom. The van der Waals surface area contributed by atoms with Gasteiger partial charge in [-0.25, -0.2) is 0 Å². The third-order valence-corrected chi connectivity index (χ3v) is 3.48. The topological polar surface area (TPSA) is 26.3 Å². The van der Waals surface area contributed by atoms with Gasteiger partial charge in [0.25, 0.3) is 0 Å². The molecule has 88 valence electrons. The molecule has 0 saturated carbocycles. The monoisotopic (exact) mass is 246 g/mol. The first-order valence-electron chi connectivity index (χ1n) is 5.59. The predicted octanol–water partition coefficient (Wildman–Crippen LogP) is 3.52. The highest BCUT2D eigenvalue weighted by Crippen LogP contribution is 2.28. The number of hydrogen-bond acceptors (Lipinski definition) is 3. The lowest BCUT2D eigenvalue weighted by molar-refractivity contribution is -0.142. The van der Waals surface area contributed by atoms with E-state index in [1.807, 2.05) is 31.2 Å². The van der Waals surface area contributed by atoms with Gasteiger partial charge >= 0.3 is 5.97 Å². The van der Waals surface area contributed by atoms with E-state index in [2.05, 4.69) is 18.2 Å². The minimum atomic E-state index is -0.158. The van der Waals surface area contributed by atoms with Crippen molar-refractivity contribution in [2.75, 3.05) is 6.61 Å². The molecule has 0 bridgehead atoms. The summed E-state index contributed by atoms with van der Waals surface area (Å²) in [5, 5.41) is 0. The number of ether oxygens (including phenoxy) is 1. The fourth-order valence-corrected chi connectivity index (χ4v) is 2.58. The second-order valence-corrected chi connectivity index (χ2v) is 4.78. The van der Waals surface area contributed by atoms with Gasteiger partial charge in [-0.2, -0.15) is 0 Å². The maximum Gasteiger partial charge on any atom is 0.311 e. The Morgan fingerprint density at radius 1 is 1.18 bits per heavy atom. The molecule has 0 saturated heterocycles. The van der Waals surface area contributed by atoms with E-state index in [4.69, 9.17) is 4.74 Å². The van der Waals surface area contributed by atoms with E-state index >= 15 is 0 Å². The number of carbonyl (C=O) groups is 1. The molecule has 0 aliphatic heterocycles. The summed E-state index contributed by atoms with van der Waals surface area (Å²) in [6.07, 6.45) is 0.366. The number of thiophene rings is 1. The van der Waals surface area contributed by atoms with E-state index in [0.717, 1.165) is 4.88 Å². The van der Waals surface area contributed by atoms with E-state index in [9.17, 15) is 4.79 Å². The van der Waals surface area contributed by atoms with Gasteiger partial charge in [0.1, 0.15) is 0 Å². The van der Waals surface area contributed by atoms with Gasteiger partial charge in [0.05, 0.1) is 13.0 Å². The Kier molecular flexibility index (Phi) is 3.94. The molecule has 1 heterocycles. The van der Waals surface area contributed by atoms with Crippen molar-refractivity contribution in [2.24, 2.45) is 0 Å². The largest absolute Gasteiger partial charge is 0.466 e. The highest BCUT2D eigenvalue weighted by molar-refractivity contribution is 7.15. The van der Waals surface area contributed by atoms with Gasteiger partial charge in [0, 0.05) is 9.75 Å². The van der Waals surface area contributed by atoms with Gasteiger partial charge in [-0.15, -0.1) is 11.3 Å². The summed E-state index contributed by atoms with van der Waals surface area (Å²) in [4.78, 5) is 13.6. The standard InChI is InChI=1S/C14H14O2S/c1-2-16-14(15)10-12-8-9-13(17-12)11-6-4-3-5-7-11/h3-9H,2,10H2,1H3. The lowest BCUT2D eigenvalue weighted by atomic mass is 10.2. The van der Waals surface area contributed by atoms with Crippen molar-refractivity contribution in [3.63, 3.8) is 0 Å². The van der Waals surface area contributed by atoms with Crippen molar-refractivity contribution in [1.29, 1.82) is 0 Å². The summed E-state index contributed by atoms with van der Waals surface area (Å²) in [6, 6.07) is 14.2. The van der Waals surface area contributed by atoms with Gasteiger partial charge in [-0.3, -0.25) is 4.79 Å². The van der Waals surface area contributed by atoms with E-state index < -0.39 is 0 Å². The summed E-state index contributed by atoms with van der Waals surface area (Å²) >= 11 is 1.64. The summed E-state index contributed by atoms with van der Waals surface area (Å²) < 4.78 is 4.93. The zero-order valence-corrected chi connectivity index (χ0v) is 10.5. The summed E-state index contributed by atoms with van der Waals surface area (Å²) in [7, 11) is 0. The highest BCUT2D eigenvalue weighted by atomic mass is 32.1. The van der Waals surface area contributed by atoms with Crippen LogP contribution in [0.4, 0.5) is 0 Å². The van der Waals surface area contributed by atoms with Crippen LogP contribution in [0.25, 0.3) is 10.4 Å². The molecular formula is C14H14O2S. The maximum absolute atomic E-state index is 11.3. The zero-order valence-electron chi connectivity index (χ0n) is 9.68. The molecule has 0 fully saturated rings. The van der Waals surface area contributed by atoms with Gasteiger partial charge in [0.15, 0.2) is 0 Å². The van der Waals surface area contributed by atoms with Crippen molar-refractivity contribution < 1.29 is 9.53 Å². The molecule has 0 radical (unpaired) electrons. The van der Waals surface area contributed by atoms with Crippen molar-refractivity contribution >= 4 is 17.3 Å². The highest BCUT2D eigenvalue weighted by Gasteiger charge is 2.07. The molecule has 0 unspecified atom stereocenters. The van der Waals surface area contributed by atoms with E-state index in [1.165, 1.54) is 10.4 Å². The van der Waals surface area contributed by atoms with Crippen LogP contribution in [0.2, 0.25) is 0 Å². The normalized spacial score (nSPS) is 10.2. The summed E-state index contributed by atoms with van der Waals surface area (Å²) in [5.41, 5.74) is 1.19. The van der Waals surface area contributed by atoms with E-state index in [0.29, 0.717) is 13.0 Å². The quantitative estimate of drug-likeness (QED) is 0.771. The third-order valence-electron chi connectivity index (χ3n) is 2.34. The van der Waals surface area contributed by atoms with Crippen LogP contribution >= 0.6 is 11.3 Å². The molecule has 0 atom stereocenters. The van der Waals surface area contributed by atoms with Crippen LogP contribution < -0.4 is 0 Å². The Bertz CT molecular complexity index is 488. The predicted molar refractivity (Wildman–Crippen MR) is 70.1 cm³/mol. The summed E-state index contributed by atoms with van der Waals surface area (Å²) in [6.45, 7) is 2.26. The molecule has 0 aliphatic rings. The minimum absolute atomic E-state index is 0.158. The lowest BCUT2D eigenvalue weighted by Crippen LogP contribution is -2.05. The van der Waals surface area contributed by atoms with Crippen LogP contribution in [0, 0.1) is 0 Å². The molecule has 2 aromatic rings. The Morgan fingerprint density at radius 2 is 1.94 bits per heavy atom. The summed E-state index contributed by atoms with van der Waals surface area (Å²) in [5.74, 6) is -0.158. The second-order valence-electron chi connectivity index (χ2n) is 3.61. The van der Waals surface area contributed by atoms with Crippen LogP contribution in [0.5, 0.6) is 0 Å². The maximum atomic E-state index is 11.3.